The van der Waals surface area contributed by atoms with Gasteiger partial charge in [-0.05, 0) is 19.2 Å². The summed E-state index contributed by atoms with van der Waals surface area (Å²) in [6.45, 7) is 1.01. The van der Waals surface area contributed by atoms with Crippen LogP contribution in [-0.4, -0.2) is 12.2 Å². The van der Waals surface area contributed by atoms with Gasteiger partial charge in [0.25, 0.3) is 0 Å². The maximum atomic E-state index is 6.19. The molecule has 0 saturated heterocycles. The molecule has 1 heterocycles. The standard InChI is InChI=1S/C16H15ClN2O2/c1-18-9-11-8-12(21-19-11)10-20-16-7-6-15(17)13-4-2-3-5-14(13)16/h2-8,18H,9-10H2,1H3. The van der Waals surface area contributed by atoms with Crippen LogP contribution in [0.15, 0.2) is 47.0 Å². The van der Waals surface area contributed by atoms with Gasteiger partial charge in [0.15, 0.2) is 5.76 Å². The number of halogens is 1. The molecule has 1 aromatic heterocycles. The lowest BCUT2D eigenvalue weighted by Gasteiger charge is -2.08. The van der Waals surface area contributed by atoms with E-state index in [1.165, 1.54) is 0 Å². The van der Waals surface area contributed by atoms with Crippen molar-refractivity contribution in [1.82, 2.24) is 10.5 Å². The van der Waals surface area contributed by atoms with E-state index in [2.05, 4.69) is 10.5 Å². The molecule has 1 N–H and O–H groups in total. The lowest BCUT2D eigenvalue weighted by Crippen LogP contribution is -2.04. The van der Waals surface area contributed by atoms with Crippen LogP contribution in [0.3, 0.4) is 0 Å². The van der Waals surface area contributed by atoms with E-state index in [1.54, 1.807) is 0 Å². The van der Waals surface area contributed by atoms with Crippen LogP contribution >= 0.6 is 11.6 Å². The van der Waals surface area contributed by atoms with Crippen molar-refractivity contribution in [3.63, 3.8) is 0 Å². The summed E-state index contributed by atoms with van der Waals surface area (Å²) in [7, 11) is 1.87. The van der Waals surface area contributed by atoms with Crippen LogP contribution in [0.1, 0.15) is 11.5 Å². The lowest BCUT2D eigenvalue weighted by atomic mass is 10.1. The highest BCUT2D eigenvalue weighted by atomic mass is 35.5. The van der Waals surface area contributed by atoms with Crippen LogP contribution in [0.2, 0.25) is 5.02 Å². The van der Waals surface area contributed by atoms with Gasteiger partial charge in [0.2, 0.25) is 0 Å². The molecule has 0 fully saturated rings. The van der Waals surface area contributed by atoms with Crippen LogP contribution in [0.5, 0.6) is 5.75 Å². The van der Waals surface area contributed by atoms with Gasteiger partial charge in [-0.3, -0.25) is 0 Å². The number of hydrogen-bond donors (Lipinski definition) is 1. The van der Waals surface area contributed by atoms with Gasteiger partial charge in [0, 0.05) is 28.4 Å². The third-order valence-corrected chi connectivity index (χ3v) is 3.50. The Morgan fingerprint density at radius 1 is 1.19 bits per heavy atom. The van der Waals surface area contributed by atoms with Crippen molar-refractivity contribution in [2.45, 2.75) is 13.2 Å². The van der Waals surface area contributed by atoms with Crippen molar-refractivity contribution >= 4 is 22.4 Å². The molecule has 0 aliphatic carbocycles. The zero-order chi connectivity index (χ0) is 14.7. The third kappa shape index (κ3) is 3.01. The zero-order valence-corrected chi connectivity index (χ0v) is 12.4. The summed E-state index contributed by atoms with van der Waals surface area (Å²) in [6.07, 6.45) is 0. The van der Waals surface area contributed by atoms with Gasteiger partial charge in [0.1, 0.15) is 12.4 Å². The summed E-state index contributed by atoms with van der Waals surface area (Å²) in [5.74, 6) is 1.47. The first-order chi connectivity index (χ1) is 10.3. The van der Waals surface area contributed by atoms with E-state index < -0.39 is 0 Å². The lowest BCUT2D eigenvalue weighted by molar-refractivity contribution is 0.250. The molecular formula is C16H15ClN2O2. The fraction of sp³-hybridized carbons (Fsp3) is 0.188. The van der Waals surface area contributed by atoms with Crippen molar-refractivity contribution in [2.24, 2.45) is 0 Å². The quantitative estimate of drug-likeness (QED) is 0.779. The van der Waals surface area contributed by atoms with E-state index in [0.717, 1.165) is 22.2 Å². The van der Waals surface area contributed by atoms with Gasteiger partial charge in [-0.15, -0.1) is 0 Å². The maximum Gasteiger partial charge on any atom is 0.174 e. The number of nitrogens with one attached hydrogen (secondary N) is 1. The third-order valence-electron chi connectivity index (χ3n) is 3.17. The molecule has 0 unspecified atom stereocenters. The second kappa shape index (κ2) is 6.16. The predicted octanol–water partition coefficient (Wildman–Crippen LogP) is 3.78. The molecule has 2 aromatic carbocycles. The van der Waals surface area contributed by atoms with E-state index in [4.69, 9.17) is 20.9 Å². The normalized spacial score (nSPS) is 11.0. The maximum absolute atomic E-state index is 6.19. The molecule has 108 valence electrons. The molecule has 0 radical (unpaired) electrons. The summed E-state index contributed by atoms with van der Waals surface area (Å²) < 4.78 is 11.1. The molecule has 0 saturated carbocycles. The Balaban J connectivity index is 1.80. The Morgan fingerprint density at radius 2 is 2.00 bits per heavy atom. The highest BCUT2D eigenvalue weighted by Crippen LogP contribution is 2.31. The van der Waals surface area contributed by atoms with Gasteiger partial charge in [0.05, 0.1) is 5.69 Å². The minimum Gasteiger partial charge on any atom is -0.485 e. The Labute approximate surface area is 127 Å². The number of benzene rings is 2. The zero-order valence-electron chi connectivity index (χ0n) is 11.6. The number of rotatable bonds is 5. The average molecular weight is 303 g/mol. The highest BCUT2D eigenvalue weighted by Gasteiger charge is 2.08. The number of fused-ring (bicyclic) bond motifs is 1. The molecule has 0 aliphatic rings. The summed E-state index contributed by atoms with van der Waals surface area (Å²) in [5.41, 5.74) is 0.858. The molecule has 3 aromatic rings. The Morgan fingerprint density at radius 3 is 2.81 bits per heavy atom. The molecule has 0 bridgehead atoms. The van der Waals surface area contributed by atoms with Gasteiger partial charge in [-0.1, -0.05) is 41.0 Å². The van der Waals surface area contributed by atoms with Crippen LogP contribution in [-0.2, 0) is 13.2 Å². The molecule has 0 aliphatic heterocycles. The van der Waals surface area contributed by atoms with Crippen LogP contribution in [0, 0.1) is 0 Å². The summed E-state index contributed by atoms with van der Waals surface area (Å²) in [6, 6.07) is 13.5. The first kappa shape index (κ1) is 13.9. The fourth-order valence-electron chi connectivity index (χ4n) is 2.20. The van der Waals surface area contributed by atoms with E-state index in [-0.39, 0.29) is 0 Å². The second-order valence-electron chi connectivity index (χ2n) is 4.69. The van der Waals surface area contributed by atoms with E-state index in [9.17, 15) is 0 Å². The number of ether oxygens (including phenoxy) is 1. The van der Waals surface area contributed by atoms with Gasteiger partial charge < -0.3 is 14.6 Å². The smallest absolute Gasteiger partial charge is 0.174 e. The molecule has 0 atom stereocenters. The SMILES string of the molecule is CNCc1cc(COc2ccc(Cl)c3ccccc23)on1. The Bertz CT molecular complexity index is 755. The molecule has 5 heteroatoms. The molecule has 4 nitrogen and oxygen atoms in total. The molecule has 3 rings (SSSR count). The predicted molar refractivity (Wildman–Crippen MR) is 82.6 cm³/mol. The van der Waals surface area contributed by atoms with Crippen molar-refractivity contribution in [3.8, 4) is 5.75 Å². The highest BCUT2D eigenvalue weighted by molar-refractivity contribution is 6.35. The van der Waals surface area contributed by atoms with E-state index in [0.29, 0.717) is 23.9 Å². The Hall–Kier alpha value is -2.04. The van der Waals surface area contributed by atoms with Crippen LogP contribution in [0.25, 0.3) is 10.8 Å². The van der Waals surface area contributed by atoms with Crippen LogP contribution in [0.4, 0.5) is 0 Å². The molecule has 21 heavy (non-hydrogen) atoms. The summed E-state index contributed by atoms with van der Waals surface area (Å²) in [4.78, 5) is 0. The Kier molecular flexibility index (Phi) is 4.08. The number of aromatic nitrogens is 1. The van der Waals surface area contributed by atoms with Crippen molar-refractivity contribution < 1.29 is 9.26 Å². The van der Waals surface area contributed by atoms with E-state index in [1.807, 2.05) is 49.5 Å². The number of nitrogens with zero attached hydrogens (tertiary/aromatic N) is 1. The monoisotopic (exact) mass is 302 g/mol. The van der Waals surface area contributed by atoms with Gasteiger partial charge in [-0.2, -0.15) is 0 Å². The average Bonchev–Trinajstić information content (AvgIpc) is 2.95. The number of hydrogen-bond acceptors (Lipinski definition) is 4. The molecular weight excluding hydrogens is 288 g/mol. The van der Waals surface area contributed by atoms with E-state index >= 15 is 0 Å². The first-order valence-corrected chi connectivity index (χ1v) is 7.05. The van der Waals surface area contributed by atoms with Crippen molar-refractivity contribution in [2.75, 3.05) is 7.05 Å². The summed E-state index contributed by atoms with van der Waals surface area (Å²) >= 11 is 6.19. The fourth-order valence-corrected chi connectivity index (χ4v) is 2.43. The molecule has 0 amide bonds. The van der Waals surface area contributed by atoms with Crippen LogP contribution < -0.4 is 10.1 Å². The van der Waals surface area contributed by atoms with Crippen molar-refractivity contribution in [3.05, 3.63) is 58.9 Å². The minimum absolute atomic E-state index is 0.336. The van der Waals surface area contributed by atoms with Crippen molar-refractivity contribution in [1.29, 1.82) is 0 Å². The second-order valence-corrected chi connectivity index (χ2v) is 5.10. The molecule has 0 spiro atoms. The minimum atomic E-state index is 0.336. The van der Waals surface area contributed by atoms with Gasteiger partial charge >= 0.3 is 0 Å². The largest absolute Gasteiger partial charge is 0.485 e. The summed E-state index contributed by atoms with van der Waals surface area (Å²) in [5, 5.41) is 9.66. The van der Waals surface area contributed by atoms with Gasteiger partial charge in [-0.25, -0.2) is 0 Å². The topological polar surface area (TPSA) is 47.3 Å². The first-order valence-electron chi connectivity index (χ1n) is 6.67.